The van der Waals surface area contributed by atoms with Gasteiger partial charge in [0.1, 0.15) is 0 Å². The molecule has 2 rings (SSSR count). The molecule has 0 saturated heterocycles. The van der Waals surface area contributed by atoms with Gasteiger partial charge in [0.2, 0.25) is 0 Å². The van der Waals surface area contributed by atoms with Crippen LogP contribution < -0.4 is 10.4 Å². The molecule has 1 aromatic carbocycles. The molecule has 0 aliphatic carbocycles. The number of nitro benzene ring substituents is 1. The highest BCUT2D eigenvalue weighted by molar-refractivity contribution is 5.86. The van der Waals surface area contributed by atoms with Gasteiger partial charge in [-0.2, -0.15) is 5.43 Å². The van der Waals surface area contributed by atoms with Gasteiger partial charge in [0, 0.05) is 6.07 Å². The van der Waals surface area contributed by atoms with Crippen LogP contribution in [-0.4, -0.2) is 23.5 Å². The summed E-state index contributed by atoms with van der Waals surface area (Å²) in [5.41, 5.74) is 3.49. The minimum atomic E-state index is -0.404. The third kappa shape index (κ3) is 3.87. The fourth-order valence-electron chi connectivity index (χ4n) is 1.97. The van der Waals surface area contributed by atoms with Crippen LogP contribution in [0.4, 0.5) is 5.69 Å². The van der Waals surface area contributed by atoms with Crippen molar-refractivity contribution in [1.29, 1.82) is 0 Å². The van der Waals surface area contributed by atoms with Crippen molar-refractivity contribution >= 4 is 17.7 Å². The first-order valence-electron chi connectivity index (χ1n) is 6.39. The van der Waals surface area contributed by atoms with Gasteiger partial charge in [0.15, 0.2) is 0 Å². The number of hydrazone groups is 1. The van der Waals surface area contributed by atoms with E-state index in [1.807, 2.05) is 0 Å². The number of nitro groups is 1. The average molecular weight is 261 g/mol. The maximum Gasteiger partial charge on any atom is 0.278 e. The molecular formula is C13H17N4O2+. The largest absolute Gasteiger partial charge is 0.278 e. The first kappa shape index (κ1) is 13.2. The van der Waals surface area contributed by atoms with E-state index in [1.165, 1.54) is 25.1 Å². The van der Waals surface area contributed by atoms with Gasteiger partial charge >= 0.3 is 0 Å². The number of hydrogen-bond acceptors (Lipinski definition) is 4. The zero-order valence-electron chi connectivity index (χ0n) is 10.6. The molecule has 0 fully saturated rings. The van der Waals surface area contributed by atoms with Gasteiger partial charge in [0.25, 0.3) is 11.5 Å². The summed E-state index contributed by atoms with van der Waals surface area (Å²) in [6.45, 7) is 0.948. The minimum Gasteiger partial charge on any atom is -0.277 e. The first-order chi connectivity index (χ1) is 9.27. The molecule has 0 spiro atoms. The zero-order valence-corrected chi connectivity index (χ0v) is 10.6. The molecule has 6 heteroatoms. The van der Waals surface area contributed by atoms with E-state index in [-0.39, 0.29) is 5.69 Å². The summed E-state index contributed by atoms with van der Waals surface area (Å²) in [7, 11) is 0. The van der Waals surface area contributed by atoms with Crippen molar-refractivity contribution in [3.05, 3.63) is 39.9 Å². The van der Waals surface area contributed by atoms with Gasteiger partial charge in [-0.05, 0) is 25.3 Å². The van der Waals surface area contributed by atoms with Crippen molar-refractivity contribution < 1.29 is 9.92 Å². The second kappa shape index (κ2) is 6.63. The summed E-state index contributed by atoms with van der Waals surface area (Å²) < 4.78 is 0. The summed E-state index contributed by atoms with van der Waals surface area (Å²) >= 11 is 0. The van der Waals surface area contributed by atoms with E-state index < -0.39 is 4.92 Å². The fraction of sp³-hybridized carbons (Fsp3) is 0.385. The van der Waals surface area contributed by atoms with E-state index >= 15 is 0 Å². The Morgan fingerprint density at radius 1 is 1.32 bits per heavy atom. The molecule has 2 N–H and O–H groups in total. The summed E-state index contributed by atoms with van der Waals surface area (Å²) in [5, 5.41) is 14.9. The van der Waals surface area contributed by atoms with E-state index in [2.05, 4.69) is 15.5 Å². The van der Waals surface area contributed by atoms with E-state index in [1.54, 1.807) is 18.2 Å². The van der Waals surface area contributed by atoms with E-state index in [4.69, 9.17) is 0 Å². The number of benzene rings is 1. The number of para-hydroxylation sites is 1. The predicted molar refractivity (Wildman–Crippen MR) is 73.1 cm³/mol. The second-order valence-corrected chi connectivity index (χ2v) is 4.40. The van der Waals surface area contributed by atoms with Crippen molar-refractivity contribution in [1.82, 2.24) is 5.43 Å². The molecule has 0 bridgehead atoms. The topological polar surface area (TPSA) is 81.5 Å². The van der Waals surface area contributed by atoms with Crippen molar-refractivity contribution in [2.24, 2.45) is 5.10 Å². The highest BCUT2D eigenvalue weighted by Gasteiger charge is 2.11. The van der Waals surface area contributed by atoms with Crippen LogP contribution in [0.2, 0.25) is 0 Å². The van der Waals surface area contributed by atoms with Crippen LogP contribution in [0.3, 0.4) is 0 Å². The van der Waals surface area contributed by atoms with Crippen LogP contribution in [0, 0.1) is 10.1 Å². The molecule has 0 aromatic heterocycles. The SMILES string of the molecule is O=[N+]([O-])c1ccccc1/C=N/NC1=[NH+]CCCCC1. The van der Waals surface area contributed by atoms with Gasteiger partial charge < -0.3 is 0 Å². The van der Waals surface area contributed by atoms with Crippen LogP contribution in [-0.2, 0) is 0 Å². The maximum atomic E-state index is 10.8. The molecule has 1 heterocycles. The summed E-state index contributed by atoms with van der Waals surface area (Å²) in [4.78, 5) is 13.7. The normalized spacial score (nSPS) is 15.9. The Bertz CT molecular complexity index is 511. The van der Waals surface area contributed by atoms with Crippen LogP contribution in [0.1, 0.15) is 31.2 Å². The number of amidine groups is 1. The lowest BCUT2D eigenvalue weighted by Crippen LogP contribution is -2.75. The first-order valence-corrected chi connectivity index (χ1v) is 6.39. The Morgan fingerprint density at radius 2 is 2.16 bits per heavy atom. The molecule has 1 aliphatic rings. The smallest absolute Gasteiger partial charge is 0.277 e. The number of rotatable bonds is 3. The zero-order chi connectivity index (χ0) is 13.5. The van der Waals surface area contributed by atoms with E-state index in [0.717, 1.165) is 25.2 Å². The van der Waals surface area contributed by atoms with Crippen molar-refractivity contribution in [3.63, 3.8) is 0 Å². The third-order valence-electron chi connectivity index (χ3n) is 2.98. The summed E-state index contributed by atoms with van der Waals surface area (Å²) in [6, 6.07) is 6.54. The van der Waals surface area contributed by atoms with Crippen molar-refractivity contribution in [3.8, 4) is 0 Å². The Kier molecular flexibility index (Phi) is 4.60. The van der Waals surface area contributed by atoms with Crippen LogP contribution in [0.25, 0.3) is 0 Å². The average Bonchev–Trinajstić information content (AvgIpc) is 2.68. The number of nitrogens with zero attached hydrogens (tertiary/aromatic N) is 2. The molecule has 0 saturated carbocycles. The Hall–Kier alpha value is -2.24. The molecule has 0 unspecified atom stereocenters. The lowest BCUT2D eigenvalue weighted by molar-refractivity contribution is -0.459. The van der Waals surface area contributed by atoms with E-state index in [9.17, 15) is 10.1 Å². The Morgan fingerprint density at radius 3 is 3.00 bits per heavy atom. The number of nitrogens with one attached hydrogen (secondary N) is 2. The highest BCUT2D eigenvalue weighted by Crippen LogP contribution is 2.14. The standard InChI is InChI=1S/C13H16N4O2/c18-17(19)12-7-4-3-6-11(12)10-15-16-13-8-2-1-5-9-14-13/h3-4,6-7,10H,1-2,5,8-9H2,(H,14,16)/p+1/b15-10+. The lowest BCUT2D eigenvalue weighted by atomic mass is 10.2. The fourth-order valence-corrected chi connectivity index (χ4v) is 1.97. The molecule has 6 nitrogen and oxygen atoms in total. The molecule has 1 aliphatic heterocycles. The number of hydrogen-bond donors (Lipinski definition) is 2. The summed E-state index contributed by atoms with van der Waals surface area (Å²) in [6.07, 6.45) is 5.94. The third-order valence-corrected chi connectivity index (χ3v) is 2.98. The van der Waals surface area contributed by atoms with Crippen molar-refractivity contribution in [2.45, 2.75) is 25.7 Å². The summed E-state index contributed by atoms with van der Waals surface area (Å²) in [5.74, 6) is 0.979. The predicted octanol–water partition coefficient (Wildman–Crippen LogP) is 0.571. The van der Waals surface area contributed by atoms with Crippen molar-refractivity contribution in [2.75, 3.05) is 6.54 Å². The molecular weight excluding hydrogens is 244 g/mol. The molecule has 0 amide bonds. The van der Waals surface area contributed by atoms with Gasteiger partial charge in [0.05, 0.1) is 29.7 Å². The monoisotopic (exact) mass is 261 g/mol. The van der Waals surface area contributed by atoms with Crippen LogP contribution in [0.15, 0.2) is 29.4 Å². The van der Waals surface area contributed by atoms with Gasteiger partial charge in [-0.25, -0.2) is 0 Å². The molecule has 19 heavy (non-hydrogen) atoms. The highest BCUT2D eigenvalue weighted by atomic mass is 16.6. The lowest BCUT2D eigenvalue weighted by Gasteiger charge is -1.96. The van der Waals surface area contributed by atoms with Gasteiger partial charge in [-0.1, -0.05) is 17.2 Å². The molecule has 0 atom stereocenters. The van der Waals surface area contributed by atoms with Crippen LogP contribution in [0.5, 0.6) is 0 Å². The van der Waals surface area contributed by atoms with Gasteiger partial charge in [-0.3, -0.25) is 15.1 Å². The van der Waals surface area contributed by atoms with Gasteiger partial charge in [-0.15, -0.1) is 0 Å². The Balaban J connectivity index is 2.02. The molecule has 1 aromatic rings. The van der Waals surface area contributed by atoms with E-state index in [0.29, 0.717) is 5.56 Å². The quantitative estimate of drug-likeness (QED) is 0.474. The molecule has 100 valence electrons. The maximum absolute atomic E-state index is 10.8. The van der Waals surface area contributed by atoms with Crippen LogP contribution >= 0.6 is 0 Å². The minimum absolute atomic E-state index is 0.0619. The Labute approximate surface area is 111 Å². The second-order valence-electron chi connectivity index (χ2n) is 4.40. The molecule has 0 radical (unpaired) electrons.